The van der Waals surface area contributed by atoms with Gasteiger partial charge in [0.15, 0.2) is 0 Å². The second-order valence-electron chi connectivity index (χ2n) is 2.33. The lowest BCUT2D eigenvalue weighted by molar-refractivity contribution is 0.844. The first-order valence-corrected chi connectivity index (χ1v) is 3.93. The van der Waals surface area contributed by atoms with Gasteiger partial charge in [0.2, 0.25) is 0 Å². The van der Waals surface area contributed by atoms with Crippen molar-refractivity contribution >= 4 is 11.8 Å². The number of thioether (sulfide) groups is 1. The number of fused-ring (bicyclic) bond motifs is 2. The molecular formula is C6H8N2S. The van der Waals surface area contributed by atoms with Gasteiger partial charge in [-0.3, -0.25) is 0 Å². The summed E-state index contributed by atoms with van der Waals surface area (Å²) in [5, 5.41) is 1.92. The number of nitrogens with zero attached hydrogens (tertiary/aromatic N) is 1. The second kappa shape index (κ2) is 1.77. The molecule has 1 aliphatic heterocycles. The van der Waals surface area contributed by atoms with Crippen molar-refractivity contribution in [2.75, 3.05) is 0 Å². The van der Waals surface area contributed by atoms with Crippen LogP contribution < -0.4 is 0 Å². The van der Waals surface area contributed by atoms with Crippen molar-refractivity contribution in [3.05, 3.63) is 12.0 Å². The van der Waals surface area contributed by atoms with Crippen LogP contribution in [0, 0.1) is 0 Å². The van der Waals surface area contributed by atoms with Gasteiger partial charge >= 0.3 is 0 Å². The van der Waals surface area contributed by atoms with Crippen molar-refractivity contribution in [1.82, 2.24) is 9.97 Å². The Balaban J connectivity index is 2.40. The lowest BCUT2D eigenvalue weighted by Crippen LogP contribution is -2.05. The molecule has 2 bridgehead atoms. The molecule has 48 valence electrons. The molecule has 2 rings (SSSR count). The van der Waals surface area contributed by atoms with Crippen LogP contribution in [0.4, 0.5) is 0 Å². The number of hydrogen-bond acceptors (Lipinski definition) is 2. The lowest BCUT2D eigenvalue weighted by atomic mass is 10.3. The fraction of sp³-hybridized carbons (Fsp3) is 0.500. The Bertz CT molecular complexity index is 198. The maximum absolute atomic E-state index is 4.17. The van der Waals surface area contributed by atoms with Crippen molar-refractivity contribution in [2.24, 2.45) is 0 Å². The molecule has 3 heteroatoms. The molecule has 0 spiro atoms. The second-order valence-corrected chi connectivity index (χ2v) is 3.81. The lowest BCUT2D eigenvalue weighted by Gasteiger charge is -2.10. The fourth-order valence-corrected chi connectivity index (χ4v) is 2.00. The smallest absolute Gasteiger partial charge is 0.107 e. The van der Waals surface area contributed by atoms with Crippen molar-refractivity contribution in [3.63, 3.8) is 0 Å². The van der Waals surface area contributed by atoms with Gasteiger partial charge in [-0.05, 0) is 0 Å². The van der Waals surface area contributed by atoms with Crippen molar-refractivity contribution in [1.29, 1.82) is 0 Å². The first kappa shape index (κ1) is 5.35. The summed E-state index contributed by atoms with van der Waals surface area (Å²) in [6, 6.07) is 0. The van der Waals surface area contributed by atoms with E-state index in [4.69, 9.17) is 0 Å². The quantitative estimate of drug-likeness (QED) is 0.590. The SMILES string of the molecule is CC1Cc2ncc([nH]2)S1. The van der Waals surface area contributed by atoms with E-state index in [0.717, 1.165) is 12.2 Å². The molecule has 2 heterocycles. The summed E-state index contributed by atoms with van der Waals surface area (Å²) in [4.78, 5) is 7.37. The van der Waals surface area contributed by atoms with E-state index < -0.39 is 0 Å². The average Bonchev–Trinajstić information content (AvgIpc) is 2.11. The summed E-state index contributed by atoms with van der Waals surface area (Å²) >= 11 is 1.86. The van der Waals surface area contributed by atoms with Gasteiger partial charge in [-0.25, -0.2) is 4.98 Å². The van der Waals surface area contributed by atoms with E-state index in [1.807, 2.05) is 18.0 Å². The highest BCUT2D eigenvalue weighted by Gasteiger charge is 2.14. The van der Waals surface area contributed by atoms with Crippen LogP contribution in [0.5, 0.6) is 0 Å². The summed E-state index contributed by atoms with van der Waals surface area (Å²) in [6.07, 6.45) is 2.99. The van der Waals surface area contributed by atoms with Crippen LogP contribution in [0.3, 0.4) is 0 Å². The molecule has 9 heavy (non-hydrogen) atoms. The van der Waals surface area contributed by atoms with E-state index >= 15 is 0 Å². The van der Waals surface area contributed by atoms with Gasteiger partial charge in [0.1, 0.15) is 5.82 Å². The molecule has 1 N–H and O–H groups in total. The Labute approximate surface area is 58.1 Å². The molecule has 0 radical (unpaired) electrons. The number of aromatic amines is 1. The van der Waals surface area contributed by atoms with E-state index in [9.17, 15) is 0 Å². The maximum atomic E-state index is 4.17. The molecule has 2 nitrogen and oxygen atoms in total. The molecule has 0 aromatic carbocycles. The largest absolute Gasteiger partial charge is 0.337 e. The molecule has 0 saturated carbocycles. The number of nitrogens with one attached hydrogen (secondary N) is 1. The van der Waals surface area contributed by atoms with Crippen molar-refractivity contribution < 1.29 is 0 Å². The van der Waals surface area contributed by atoms with Gasteiger partial charge < -0.3 is 4.98 Å². The van der Waals surface area contributed by atoms with Gasteiger partial charge in [-0.2, -0.15) is 0 Å². The highest BCUT2D eigenvalue weighted by Crippen LogP contribution is 2.27. The minimum absolute atomic E-state index is 0.707. The average molecular weight is 140 g/mol. The normalized spacial score (nSPS) is 24.3. The summed E-state index contributed by atoms with van der Waals surface area (Å²) in [5.41, 5.74) is 0. The Morgan fingerprint density at radius 2 is 2.78 bits per heavy atom. The highest BCUT2D eigenvalue weighted by molar-refractivity contribution is 7.99. The van der Waals surface area contributed by atoms with Gasteiger partial charge in [0, 0.05) is 11.7 Å². The van der Waals surface area contributed by atoms with E-state index in [1.54, 1.807) is 0 Å². The number of imidazole rings is 1. The first-order valence-electron chi connectivity index (χ1n) is 3.05. The molecule has 0 amide bonds. The Morgan fingerprint density at radius 3 is 3.56 bits per heavy atom. The first-order chi connectivity index (χ1) is 4.34. The van der Waals surface area contributed by atoms with Gasteiger partial charge in [-0.1, -0.05) is 6.92 Å². The Kier molecular flexibility index (Phi) is 1.05. The third kappa shape index (κ3) is 0.852. The van der Waals surface area contributed by atoms with Crippen molar-refractivity contribution in [3.8, 4) is 0 Å². The highest BCUT2D eigenvalue weighted by atomic mass is 32.2. The molecule has 1 atom stereocenters. The number of hydrogen-bond donors (Lipinski definition) is 1. The zero-order chi connectivity index (χ0) is 6.27. The summed E-state index contributed by atoms with van der Waals surface area (Å²) < 4.78 is 0. The maximum Gasteiger partial charge on any atom is 0.107 e. The van der Waals surface area contributed by atoms with Gasteiger partial charge in [-0.15, -0.1) is 11.8 Å². The van der Waals surface area contributed by atoms with Crippen LogP contribution in [-0.2, 0) is 6.42 Å². The van der Waals surface area contributed by atoms with E-state index in [-0.39, 0.29) is 0 Å². The molecule has 1 aliphatic rings. The number of rotatable bonds is 0. The molecule has 1 aromatic rings. The summed E-state index contributed by atoms with van der Waals surface area (Å²) in [7, 11) is 0. The Hall–Kier alpha value is -0.440. The van der Waals surface area contributed by atoms with Gasteiger partial charge in [0.05, 0.1) is 11.2 Å². The molecule has 0 aliphatic carbocycles. The van der Waals surface area contributed by atoms with E-state index in [2.05, 4.69) is 16.9 Å². The van der Waals surface area contributed by atoms with Crippen LogP contribution in [0.1, 0.15) is 12.7 Å². The van der Waals surface area contributed by atoms with Crippen molar-refractivity contribution in [2.45, 2.75) is 23.6 Å². The van der Waals surface area contributed by atoms with E-state index in [0.29, 0.717) is 5.25 Å². The summed E-state index contributed by atoms with van der Waals surface area (Å²) in [6.45, 7) is 2.22. The molecule has 1 unspecified atom stereocenters. The molecule has 0 fully saturated rings. The standard InChI is InChI=1S/C6H8N2S/c1-4-2-5-7-3-6(8-5)9-4/h3-4H,2H2,1H3,(H,7,8). The molecule has 1 aromatic heterocycles. The zero-order valence-electron chi connectivity index (χ0n) is 5.22. The van der Waals surface area contributed by atoms with Crippen LogP contribution in [0.2, 0.25) is 0 Å². The topological polar surface area (TPSA) is 28.7 Å². The molecule has 0 saturated heterocycles. The summed E-state index contributed by atoms with van der Waals surface area (Å²) in [5.74, 6) is 1.14. The van der Waals surface area contributed by atoms with Crippen LogP contribution >= 0.6 is 11.8 Å². The monoisotopic (exact) mass is 140 g/mol. The molecular weight excluding hydrogens is 132 g/mol. The minimum Gasteiger partial charge on any atom is -0.337 e. The number of aromatic nitrogens is 2. The zero-order valence-corrected chi connectivity index (χ0v) is 6.03. The fourth-order valence-electron chi connectivity index (χ4n) is 1.04. The number of H-pyrrole nitrogens is 1. The third-order valence-electron chi connectivity index (χ3n) is 1.41. The van der Waals surface area contributed by atoms with Crippen LogP contribution in [0.25, 0.3) is 0 Å². The Morgan fingerprint density at radius 1 is 1.89 bits per heavy atom. The van der Waals surface area contributed by atoms with Crippen LogP contribution in [-0.4, -0.2) is 15.2 Å². The van der Waals surface area contributed by atoms with Crippen LogP contribution in [0.15, 0.2) is 11.2 Å². The predicted octanol–water partition coefficient (Wildman–Crippen LogP) is 1.45. The van der Waals surface area contributed by atoms with E-state index in [1.165, 1.54) is 5.03 Å². The van der Waals surface area contributed by atoms with Gasteiger partial charge in [0.25, 0.3) is 0 Å². The minimum atomic E-state index is 0.707. The predicted molar refractivity (Wildman–Crippen MR) is 37.6 cm³/mol. The third-order valence-corrected chi connectivity index (χ3v) is 2.44.